The Kier molecular flexibility index (Phi) is 12.6. The second-order valence-corrected chi connectivity index (χ2v) is 9.35. The van der Waals surface area contributed by atoms with Gasteiger partial charge in [-0.25, -0.2) is 4.79 Å². The SMILES string of the molecule is CCC(C)C(N)C(=O)NC(CC(=O)O)C(=O)NC(Cc1ccccc1)C(=O)NC(CC(C)C)C(=O)O. The lowest BCUT2D eigenvalue weighted by Crippen LogP contribution is -2.58. The molecule has 7 N–H and O–H groups in total. The van der Waals surface area contributed by atoms with Crippen LogP contribution in [-0.2, 0) is 30.4 Å². The molecule has 0 aromatic heterocycles. The molecule has 11 nitrogen and oxygen atoms in total. The molecule has 200 valence electrons. The Bertz CT molecular complexity index is 907. The summed E-state index contributed by atoms with van der Waals surface area (Å²) in [6.45, 7) is 7.23. The average Bonchev–Trinajstić information content (AvgIpc) is 2.81. The van der Waals surface area contributed by atoms with E-state index >= 15 is 0 Å². The van der Waals surface area contributed by atoms with Crippen molar-refractivity contribution in [3.05, 3.63) is 35.9 Å². The predicted octanol–water partition coefficient (Wildman–Crippen LogP) is 0.662. The number of nitrogens with two attached hydrogens (primary N) is 1. The van der Waals surface area contributed by atoms with Gasteiger partial charge in [0.05, 0.1) is 12.5 Å². The zero-order chi connectivity index (χ0) is 27.4. The van der Waals surface area contributed by atoms with Crippen LogP contribution in [-0.4, -0.2) is 64.0 Å². The number of carbonyl (C=O) groups is 5. The lowest BCUT2D eigenvalue weighted by atomic mass is 9.98. The number of hydrogen-bond donors (Lipinski definition) is 6. The average molecular weight is 507 g/mol. The van der Waals surface area contributed by atoms with Crippen molar-refractivity contribution in [2.45, 2.75) is 77.5 Å². The first kappa shape index (κ1) is 30.6. The molecule has 0 aliphatic heterocycles. The summed E-state index contributed by atoms with van der Waals surface area (Å²) < 4.78 is 0. The van der Waals surface area contributed by atoms with Gasteiger partial charge >= 0.3 is 11.9 Å². The maximum absolute atomic E-state index is 13.1. The molecule has 0 bridgehead atoms. The zero-order valence-corrected chi connectivity index (χ0v) is 21.2. The quantitative estimate of drug-likeness (QED) is 0.200. The van der Waals surface area contributed by atoms with Crippen molar-refractivity contribution in [3.8, 4) is 0 Å². The van der Waals surface area contributed by atoms with Gasteiger partial charge in [-0.05, 0) is 23.8 Å². The molecule has 1 rings (SSSR count). The number of amides is 3. The van der Waals surface area contributed by atoms with Gasteiger partial charge in [-0.2, -0.15) is 0 Å². The van der Waals surface area contributed by atoms with Gasteiger partial charge in [0.15, 0.2) is 0 Å². The van der Waals surface area contributed by atoms with Gasteiger partial charge < -0.3 is 31.9 Å². The van der Waals surface area contributed by atoms with Crippen molar-refractivity contribution in [2.24, 2.45) is 17.6 Å². The molecule has 11 heteroatoms. The molecule has 36 heavy (non-hydrogen) atoms. The van der Waals surface area contributed by atoms with Gasteiger partial charge in [-0.3, -0.25) is 19.2 Å². The monoisotopic (exact) mass is 506 g/mol. The van der Waals surface area contributed by atoms with Crippen LogP contribution in [0.1, 0.15) is 52.5 Å². The zero-order valence-electron chi connectivity index (χ0n) is 21.2. The fraction of sp³-hybridized carbons (Fsp3) is 0.560. The van der Waals surface area contributed by atoms with Crippen LogP contribution in [0.5, 0.6) is 0 Å². The van der Waals surface area contributed by atoms with Crippen LogP contribution >= 0.6 is 0 Å². The smallest absolute Gasteiger partial charge is 0.326 e. The van der Waals surface area contributed by atoms with Crippen LogP contribution in [0, 0.1) is 11.8 Å². The summed E-state index contributed by atoms with van der Waals surface area (Å²) in [5, 5.41) is 26.1. The number of carboxylic acids is 2. The Hall–Kier alpha value is -3.47. The molecule has 0 spiro atoms. The topological polar surface area (TPSA) is 188 Å². The summed E-state index contributed by atoms with van der Waals surface area (Å²) in [4.78, 5) is 61.7. The van der Waals surface area contributed by atoms with Gasteiger partial charge in [-0.15, -0.1) is 0 Å². The number of hydrogen-bond acceptors (Lipinski definition) is 6. The lowest BCUT2D eigenvalue weighted by Gasteiger charge is -2.26. The highest BCUT2D eigenvalue weighted by Gasteiger charge is 2.32. The van der Waals surface area contributed by atoms with E-state index in [1.165, 1.54) is 0 Å². The molecule has 0 heterocycles. The van der Waals surface area contributed by atoms with E-state index in [-0.39, 0.29) is 24.7 Å². The Labute approximate surface area is 211 Å². The maximum atomic E-state index is 13.1. The van der Waals surface area contributed by atoms with E-state index in [0.717, 1.165) is 0 Å². The number of carbonyl (C=O) groups excluding carboxylic acids is 3. The number of aliphatic carboxylic acids is 2. The lowest BCUT2D eigenvalue weighted by molar-refractivity contribution is -0.143. The highest BCUT2D eigenvalue weighted by atomic mass is 16.4. The fourth-order valence-corrected chi connectivity index (χ4v) is 3.46. The standard InChI is InChI=1S/C25H38N4O7/c1-5-15(4)21(26)24(34)28-18(13-20(30)31)23(33)27-17(12-16-9-7-6-8-10-16)22(32)29-19(25(35)36)11-14(2)3/h6-10,14-15,17-19,21H,5,11-13,26H2,1-4H3,(H,27,33)(H,28,34)(H,29,32)(H,30,31)(H,35,36). The summed E-state index contributed by atoms with van der Waals surface area (Å²) >= 11 is 0. The minimum atomic E-state index is -1.48. The van der Waals surface area contributed by atoms with Crippen LogP contribution in [0.15, 0.2) is 30.3 Å². The third kappa shape index (κ3) is 10.4. The Balaban J connectivity index is 3.14. The fourth-order valence-electron chi connectivity index (χ4n) is 3.46. The second kappa shape index (κ2) is 14.8. The van der Waals surface area contributed by atoms with Crippen molar-refractivity contribution in [1.82, 2.24) is 16.0 Å². The van der Waals surface area contributed by atoms with Crippen LogP contribution in [0.3, 0.4) is 0 Å². The Morgan fingerprint density at radius 1 is 0.833 bits per heavy atom. The first-order valence-corrected chi connectivity index (χ1v) is 12.0. The number of nitrogens with one attached hydrogen (secondary N) is 3. The summed E-state index contributed by atoms with van der Waals surface area (Å²) in [6, 6.07) is 3.91. The van der Waals surface area contributed by atoms with E-state index < -0.39 is 60.2 Å². The van der Waals surface area contributed by atoms with Crippen LogP contribution in [0.25, 0.3) is 0 Å². The van der Waals surface area contributed by atoms with E-state index in [9.17, 15) is 34.2 Å². The van der Waals surface area contributed by atoms with Crippen LogP contribution in [0.2, 0.25) is 0 Å². The number of benzene rings is 1. The molecule has 5 unspecified atom stereocenters. The maximum Gasteiger partial charge on any atom is 0.326 e. The van der Waals surface area contributed by atoms with E-state index in [4.69, 9.17) is 5.73 Å². The number of rotatable bonds is 15. The molecule has 0 radical (unpaired) electrons. The first-order valence-electron chi connectivity index (χ1n) is 12.0. The highest BCUT2D eigenvalue weighted by Crippen LogP contribution is 2.09. The minimum Gasteiger partial charge on any atom is -0.481 e. The molecule has 1 aromatic carbocycles. The number of carboxylic acid groups (broad SMARTS) is 2. The van der Waals surface area contributed by atoms with E-state index in [0.29, 0.717) is 12.0 Å². The van der Waals surface area contributed by atoms with Crippen molar-refractivity contribution in [1.29, 1.82) is 0 Å². The van der Waals surface area contributed by atoms with Crippen molar-refractivity contribution < 1.29 is 34.2 Å². The third-order valence-corrected chi connectivity index (χ3v) is 5.81. The Morgan fingerprint density at radius 3 is 1.86 bits per heavy atom. The normalized spacial score (nSPS) is 15.2. The van der Waals surface area contributed by atoms with E-state index in [1.54, 1.807) is 37.3 Å². The molecular weight excluding hydrogens is 468 g/mol. The van der Waals surface area contributed by atoms with Crippen LogP contribution < -0.4 is 21.7 Å². The third-order valence-electron chi connectivity index (χ3n) is 5.81. The molecule has 0 aliphatic rings. The second-order valence-electron chi connectivity index (χ2n) is 9.35. The largest absolute Gasteiger partial charge is 0.481 e. The molecule has 0 fully saturated rings. The molecule has 5 atom stereocenters. The Morgan fingerprint density at radius 2 is 1.36 bits per heavy atom. The molecular formula is C25H38N4O7. The van der Waals surface area contributed by atoms with Crippen molar-refractivity contribution >= 4 is 29.7 Å². The van der Waals surface area contributed by atoms with Crippen molar-refractivity contribution in [3.63, 3.8) is 0 Å². The molecule has 0 aliphatic carbocycles. The van der Waals surface area contributed by atoms with Gasteiger partial charge in [0.25, 0.3) is 0 Å². The summed E-state index contributed by atoms with van der Waals surface area (Å²) in [5.74, 6) is -5.08. The van der Waals surface area contributed by atoms with E-state index in [1.807, 2.05) is 20.8 Å². The molecule has 0 saturated carbocycles. The summed E-state index contributed by atoms with van der Waals surface area (Å²) in [6.07, 6.45) is 0.0746. The van der Waals surface area contributed by atoms with Gasteiger partial charge in [0.1, 0.15) is 18.1 Å². The summed E-state index contributed by atoms with van der Waals surface area (Å²) in [7, 11) is 0. The van der Waals surface area contributed by atoms with Gasteiger partial charge in [0, 0.05) is 6.42 Å². The van der Waals surface area contributed by atoms with Crippen molar-refractivity contribution in [2.75, 3.05) is 0 Å². The first-order chi connectivity index (χ1) is 16.8. The summed E-state index contributed by atoms with van der Waals surface area (Å²) in [5.41, 5.74) is 6.60. The molecule has 3 amide bonds. The van der Waals surface area contributed by atoms with E-state index in [2.05, 4.69) is 16.0 Å². The van der Waals surface area contributed by atoms with Gasteiger partial charge in [-0.1, -0.05) is 64.4 Å². The highest BCUT2D eigenvalue weighted by molar-refractivity contribution is 5.95. The minimum absolute atomic E-state index is 0.0153. The van der Waals surface area contributed by atoms with Gasteiger partial charge in [0.2, 0.25) is 17.7 Å². The molecule has 1 aromatic rings. The van der Waals surface area contributed by atoms with Crippen LogP contribution in [0.4, 0.5) is 0 Å². The molecule has 0 saturated heterocycles. The predicted molar refractivity (Wildman–Crippen MR) is 133 cm³/mol.